The van der Waals surface area contributed by atoms with Crippen LogP contribution in [0, 0.1) is 0 Å². The molecule has 0 saturated carbocycles. The highest BCUT2D eigenvalue weighted by atomic mass is 79.9. The van der Waals surface area contributed by atoms with Crippen molar-refractivity contribution in [3.8, 4) is 0 Å². The summed E-state index contributed by atoms with van der Waals surface area (Å²) in [6.45, 7) is 0.828. The highest BCUT2D eigenvalue weighted by Gasteiger charge is 2.28. The maximum atomic E-state index is 12.3. The number of sulfonamides is 2. The third-order valence-electron chi connectivity index (χ3n) is 3.13. The van der Waals surface area contributed by atoms with E-state index in [9.17, 15) is 16.8 Å². The fourth-order valence-corrected chi connectivity index (χ4v) is 4.74. The summed E-state index contributed by atoms with van der Waals surface area (Å²) < 4.78 is 54.9. The first kappa shape index (κ1) is 16.7. The highest BCUT2D eigenvalue weighted by Crippen LogP contribution is 2.28. The normalized spacial score (nSPS) is 17.6. The van der Waals surface area contributed by atoms with Crippen LogP contribution in [0.3, 0.4) is 0 Å². The molecule has 0 unspecified atom stereocenters. The third kappa shape index (κ3) is 4.16. The van der Waals surface area contributed by atoms with Crippen LogP contribution in [0.2, 0.25) is 0 Å². The van der Waals surface area contributed by atoms with Gasteiger partial charge in [-0.1, -0.05) is 0 Å². The number of anilines is 1. The molecular formula is C11H15BrN2O5S2. The number of benzene rings is 1. The number of primary sulfonamides is 1. The third-order valence-corrected chi connectivity index (χ3v) is 6.55. The fourth-order valence-electron chi connectivity index (χ4n) is 1.98. The van der Waals surface area contributed by atoms with Crippen molar-refractivity contribution >= 4 is 41.7 Å². The molecule has 0 radical (unpaired) electrons. The Kier molecular flexibility index (Phi) is 4.93. The number of nitrogens with one attached hydrogen (secondary N) is 1. The molecule has 0 spiro atoms. The Bertz CT molecular complexity index is 727. The van der Waals surface area contributed by atoms with Gasteiger partial charge in [-0.15, -0.1) is 0 Å². The highest BCUT2D eigenvalue weighted by molar-refractivity contribution is 9.10. The van der Waals surface area contributed by atoms with Gasteiger partial charge in [0, 0.05) is 17.7 Å². The van der Waals surface area contributed by atoms with Crippen LogP contribution >= 0.6 is 15.9 Å². The summed E-state index contributed by atoms with van der Waals surface area (Å²) >= 11 is 3.14. The van der Waals surface area contributed by atoms with Crippen molar-refractivity contribution in [1.29, 1.82) is 0 Å². The Hall–Kier alpha value is -0.680. The summed E-state index contributed by atoms with van der Waals surface area (Å²) in [6, 6.07) is 3.87. The summed E-state index contributed by atoms with van der Waals surface area (Å²) in [7, 11) is -7.38. The Labute approximate surface area is 132 Å². The van der Waals surface area contributed by atoms with E-state index in [0.717, 1.165) is 0 Å². The van der Waals surface area contributed by atoms with Crippen molar-refractivity contribution in [1.82, 2.24) is 0 Å². The molecule has 1 aromatic rings. The first-order chi connectivity index (χ1) is 9.70. The molecule has 3 N–H and O–H groups in total. The number of nitrogens with two attached hydrogens (primary N) is 1. The van der Waals surface area contributed by atoms with Gasteiger partial charge in [-0.3, -0.25) is 4.72 Å². The molecule has 0 aliphatic carbocycles. The van der Waals surface area contributed by atoms with Crippen LogP contribution in [-0.2, 0) is 24.8 Å². The number of rotatable bonds is 4. The summed E-state index contributed by atoms with van der Waals surface area (Å²) in [5.41, 5.74) is 0.272. The lowest BCUT2D eigenvalue weighted by molar-refractivity contribution is 0.0984. The van der Waals surface area contributed by atoms with Gasteiger partial charge in [-0.2, -0.15) is 0 Å². The van der Waals surface area contributed by atoms with E-state index >= 15 is 0 Å². The quantitative estimate of drug-likeness (QED) is 0.784. The molecule has 1 saturated heterocycles. The van der Waals surface area contributed by atoms with Gasteiger partial charge in [-0.25, -0.2) is 22.0 Å². The molecular weight excluding hydrogens is 384 g/mol. The maximum Gasteiger partial charge on any atom is 0.238 e. The largest absolute Gasteiger partial charge is 0.381 e. The van der Waals surface area contributed by atoms with Crippen LogP contribution in [-0.4, -0.2) is 35.3 Å². The van der Waals surface area contributed by atoms with Crippen LogP contribution in [0.15, 0.2) is 27.6 Å². The van der Waals surface area contributed by atoms with Crippen LogP contribution in [0.5, 0.6) is 0 Å². The van der Waals surface area contributed by atoms with E-state index in [-0.39, 0.29) is 10.6 Å². The maximum absolute atomic E-state index is 12.3. The molecule has 1 aromatic carbocycles. The first-order valence-electron chi connectivity index (χ1n) is 6.12. The molecule has 2 rings (SSSR count). The predicted octanol–water partition coefficient (Wildman–Crippen LogP) is 1.02. The van der Waals surface area contributed by atoms with Crippen molar-refractivity contribution in [3.63, 3.8) is 0 Å². The fraction of sp³-hybridized carbons (Fsp3) is 0.455. The number of halogens is 1. The number of ether oxygens (including phenoxy) is 1. The average Bonchev–Trinajstić information content (AvgIpc) is 2.41. The van der Waals surface area contributed by atoms with Gasteiger partial charge in [0.25, 0.3) is 0 Å². The van der Waals surface area contributed by atoms with Gasteiger partial charge in [0.2, 0.25) is 20.0 Å². The Balaban J connectivity index is 2.23. The molecule has 0 aromatic heterocycles. The first-order valence-corrected chi connectivity index (χ1v) is 10.0. The lowest BCUT2D eigenvalue weighted by atomic mass is 10.2. The second-order valence-electron chi connectivity index (χ2n) is 4.65. The molecule has 21 heavy (non-hydrogen) atoms. The van der Waals surface area contributed by atoms with E-state index in [1.54, 1.807) is 0 Å². The molecule has 1 aliphatic rings. The van der Waals surface area contributed by atoms with E-state index in [1.165, 1.54) is 18.2 Å². The number of hydrogen-bond donors (Lipinski definition) is 2. The van der Waals surface area contributed by atoms with Gasteiger partial charge in [0.15, 0.2) is 0 Å². The van der Waals surface area contributed by atoms with Gasteiger partial charge < -0.3 is 4.74 Å². The van der Waals surface area contributed by atoms with Crippen LogP contribution < -0.4 is 9.86 Å². The standard InChI is InChI=1S/C11H15BrN2O5S2/c12-10-7-9(20(13,15)16)1-2-11(10)14-21(17,18)8-3-5-19-6-4-8/h1-2,7-8,14H,3-6H2,(H2,13,15,16). The summed E-state index contributed by atoms with van der Waals surface area (Å²) in [4.78, 5) is -0.0941. The molecule has 1 heterocycles. The van der Waals surface area contributed by atoms with Crippen molar-refractivity contribution < 1.29 is 21.6 Å². The zero-order valence-corrected chi connectivity index (χ0v) is 14.2. The minimum absolute atomic E-state index is 0.0941. The summed E-state index contributed by atoms with van der Waals surface area (Å²) in [5.74, 6) is 0. The van der Waals surface area contributed by atoms with Crippen molar-refractivity contribution in [2.75, 3.05) is 17.9 Å². The van der Waals surface area contributed by atoms with Crippen LogP contribution in [0.1, 0.15) is 12.8 Å². The van der Waals surface area contributed by atoms with E-state index in [4.69, 9.17) is 9.88 Å². The zero-order valence-electron chi connectivity index (χ0n) is 11.0. The molecule has 1 aliphatic heterocycles. The second-order valence-corrected chi connectivity index (χ2v) is 9.02. The van der Waals surface area contributed by atoms with Crippen molar-refractivity contribution in [3.05, 3.63) is 22.7 Å². The summed E-state index contributed by atoms with van der Waals surface area (Å²) in [6.07, 6.45) is 0.866. The molecule has 0 amide bonds. The van der Waals surface area contributed by atoms with Crippen LogP contribution in [0.4, 0.5) is 5.69 Å². The van der Waals surface area contributed by atoms with E-state index in [2.05, 4.69) is 20.7 Å². The molecule has 118 valence electrons. The Morgan fingerprint density at radius 3 is 2.33 bits per heavy atom. The van der Waals surface area contributed by atoms with Crippen molar-refractivity contribution in [2.45, 2.75) is 23.0 Å². The number of hydrogen-bond acceptors (Lipinski definition) is 5. The average molecular weight is 399 g/mol. The molecule has 7 nitrogen and oxygen atoms in total. The van der Waals surface area contributed by atoms with E-state index in [1.807, 2.05) is 0 Å². The van der Waals surface area contributed by atoms with Gasteiger partial charge in [-0.05, 0) is 47.0 Å². The smallest absolute Gasteiger partial charge is 0.238 e. The van der Waals surface area contributed by atoms with Crippen LogP contribution in [0.25, 0.3) is 0 Å². The Morgan fingerprint density at radius 2 is 1.81 bits per heavy atom. The van der Waals surface area contributed by atoms with Gasteiger partial charge in [0.1, 0.15) is 0 Å². The zero-order chi connectivity index (χ0) is 15.7. The monoisotopic (exact) mass is 398 g/mol. The van der Waals surface area contributed by atoms with Crippen molar-refractivity contribution in [2.24, 2.45) is 5.14 Å². The minimum Gasteiger partial charge on any atom is -0.381 e. The molecule has 0 atom stereocenters. The predicted molar refractivity (Wildman–Crippen MR) is 81.9 cm³/mol. The lowest BCUT2D eigenvalue weighted by Gasteiger charge is -2.23. The lowest BCUT2D eigenvalue weighted by Crippen LogP contribution is -2.33. The van der Waals surface area contributed by atoms with Gasteiger partial charge >= 0.3 is 0 Å². The topological polar surface area (TPSA) is 116 Å². The van der Waals surface area contributed by atoms with E-state index in [0.29, 0.717) is 30.5 Å². The Morgan fingerprint density at radius 1 is 1.19 bits per heavy atom. The minimum atomic E-state index is -3.83. The molecule has 0 bridgehead atoms. The summed E-state index contributed by atoms with van der Waals surface area (Å²) in [5, 5.41) is 4.50. The van der Waals surface area contributed by atoms with Gasteiger partial charge in [0.05, 0.1) is 15.8 Å². The van der Waals surface area contributed by atoms with E-state index < -0.39 is 25.3 Å². The second kappa shape index (κ2) is 6.21. The molecule has 10 heteroatoms. The molecule has 1 fully saturated rings. The SMILES string of the molecule is NS(=O)(=O)c1ccc(NS(=O)(=O)C2CCOCC2)c(Br)c1.